The number of methoxy groups -OCH3 is 2. The van der Waals surface area contributed by atoms with Crippen molar-refractivity contribution in [2.24, 2.45) is 0 Å². The molecule has 0 bridgehead atoms. The molecule has 8 heteroatoms. The molecule has 0 unspecified atom stereocenters. The molecule has 0 atom stereocenters. The van der Waals surface area contributed by atoms with Crippen molar-refractivity contribution in [1.29, 1.82) is 0 Å². The Morgan fingerprint density at radius 2 is 1.64 bits per heavy atom. The lowest BCUT2D eigenvalue weighted by Gasteiger charge is -2.28. The van der Waals surface area contributed by atoms with Gasteiger partial charge in [-0.15, -0.1) is 0 Å². The van der Waals surface area contributed by atoms with Crippen molar-refractivity contribution in [3.8, 4) is 5.75 Å². The van der Waals surface area contributed by atoms with Gasteiger partial charge in [-0.2, -0.15) is 0 Å². The molecule has 3 aromatic carbocycles. The first kappa shape index (κ1) is 27.9. The van der Waals surface area contributed by atoms with Gasteiger partial charge in [-0.25, -0.2) is 4.39 Å². The topological polar surface area (TPSA) is 74.9 Å². The van der Waals surface area contributed by atoms with Crippen LogP contribution in [0.2, 0.25) is 0 Å². The Kier molecular flexibility index (Phi) is 9.69. The highest BCUT2D eigenvalue weighted by atomic mass is 19.1. The zero-order chi connectivity index (χ0) is 27.6. The van der Waals surface area contributed by atoms with E-state index in [1.807, 2.05) is 48.7 Å². The second-order valence-electron chi connectivity index (χ2n) is 9.33. The molecule has 1 aromatic heterocycles. The number of amides is 2. The largest absolute Gasteiger partial charge is 0.497 e. The van der Waals surface area contributed by atoms with Crippen molar-refractivity contribution in [3.63, 3.8) is 0 Å². The van der Waals surface area contributed by atoms with Crippen LogP contribution in [-0.4, -0.2) is 67.1 Å². The number of para-hydroxylation sites is 1. The fraction of sp³-hybridized carbons (Fsp3) is 0.290. The molecule has 0 spiro atoms. The molecule has 0 aliphatic rings. The van der Waals surface area contributed by atoms with Crippen molar-refractivity contribution in [3.05, 3.63) is 102 Å². The minimum atomic E-state index is -0.610. The van der Waals surface area contributed by atoms with Gasteiger partial charge in [0.15, 0.2) is 0 Å². The lowest BCUT2D eigenvalue weighted by molar-refractivity contribution is -0.132. The highest BCUT2D eigenvalue weighted by Crippen LogP contribution is 2.20. The number of H-pyrrole nitrogens is 1. The molecule has 0 aliphatic carbocycles. The Bertz CT molecular complexity index is 1390. The Hall–Kier alpha value is -4.17. The SMILES string of the molecule is COCCCN(CC(=O)N(CCc1c[nH]c2ccccc12)Cc1ccc(OC)cc1)C(=O)c1ccccc1F. The van der Waals surface area contributed by atoms with Crippen molar-refractivity contribution in [2.75, 3.05) is 40.5 Å². The summed E-state index contributed by atoms with van der Waals surface area (Å²) in [4.78, 5) is 33.5. The van der Waals surface area contributed by atoms with Gasteiger partial charge in [0.25, 0.3) is 5.91 Å². The Balaban J connectivity index is 1.55. The average Bonchev–Trinajstić information content (AvgIpc) is 3.38. The van der Waals surface area contributed by atoms with Gasteiger partial charge in [-0.05, 0) is 54.3 Å². The molecular formula is C31H34FN3O4. The maximum atomic E-state index is 14.5. The number of benzene rings is 3. The van der Waals surface area contributed by atoms with E-state index in [0.29, 0.717) is 32.5 Å². The van der Waals surface area contributed by atoms with Crippen LogP contribution in [0.3, 0.4) is 0 Å². The summed E-state index contributed by atoms with van der Waals surface area (Å²) in [6, 6.07) is 21.4. The predicted molar refractivity (Wildman–Crippen MR) is 149 cm³/mol. The van der Waals surface area contributed by atoms with E-state index in [2.05, 4.69) is 11.1 Å². The second-order valence-corrected chi connectivity index (χ2v) is 9.33. The summed E-state index contributed by atoms with van der Waals surface area (Å²) in [6.07, 6.45) is 3.13. The third-order valence-electron chi connectivity index (χ3n) is 6.71. The average molecular weight is 532 g/mol. The minimum Gasteiger partial charge on any atom is -0.497 e. The van der Waals surface area contributed by atoms with Crippen LogP contribution in [0.4, 0.5) is 4.39 Å². The third kappa shape index (κ3) is 7.23. The summed E-state index contributed by atoms with van der Waals surface area (Å²) >= 11 is 0. The standard InChI is InChI=1S/C31H34FN3O4/c1-38-19-7-17-35(31(37)27-9-3-5-10-28(27)32)22-30(36)34(21-23-12-14-25(39-2)15-13-23)18-16-24-20-33-29-11-6-4-8-26(24)29/h3-6,8-15,20,33H,7,16-19,21-22H2,1-2H3. The number of fused-ring (bicyclic) bond motifs is 1. The molecule has 1 N–H and O–H groups in total. The van der Waals surface area contributed by atoms with Crippen molar-refractivity contribution < 1.29 is 23.5 Å². The Morgan fingerprint density at radius 1 is 0.897 bits per heavy atom. The van der Waals surface area contributed by atoms with Crippen LogP contribution in [-0.2, 0) is 22.5 Å². The number of carbonyl (C=O) groups is 2. The maximum absolute atomic E-state index is 14.5. The van der Waals surface area contributed by atoms with Gasteiger partial charge < -0.3 is 24.3 Å². The minimum absolute atomic E-state index is 0.0526. The van der Waals surface area contributed by atoms with E-state index in [4.69, 9.17) is 9.47 Å². The van der Waals surface area contributed by atoms with Crippen LogP contribution >= 0.6 is 0 Å². The molecule has 4 rings (SSSR count). The molecule has 7 nitrogen and oxygen atoms in total. The van der Waals surface area contributed by atoms with Crippen LogP contribution in [0.25, 0.3) is 10.9 Å². The number of ether oxygens (including phenoxy) is 2. The van der Waals surface area contributed by atoms with E-state index in [9.17, 15) is 14.0 Å². The van der Waals surface area contributed by atoms with Gasteiger partial charge in [0.1, 0.15) is 18.1 Å². The van der Waals surface area contributed by atoms with Crippen LogP contribution in [0.1, 0.15) is 27.9 Å². The summed E-state index contributed by atoms with van der Waals surface area (Å²) in [6.45, 7) is 1.34. The monoisotopic (exact) mass is 531 g/mol. The maximum Gasteiger partial charge on any atom is 0.257 e. The molecule has 4 aromatic rings. The molecule has 1 heterocycles. The third-order valence-corrected chi connectivity index (χ3v) is 6.71. The van der Waals surface area contributed by atoms with Gasteiger partial charge in [-0.3, -0.25) is 9.59 Å². The number of hydrogen-bond donors (Lipinski definition) is 1. The number of rotatable bonds is 13. The number of halogens is 1. The number of hydrogen-bond acceptors (Lipinski definition) is 4. The first-order chi connectivity index (χ1) is 19.0. The number of aromatic nitrogens is 1. The van der Waals surface area contributed by atoms with Crippen LogP contribution < -0.4 is 4.74 Å². The smallest absolute Gasteiger partial charge is 0.257 e. The van der Waals surface area contributed by atoms with E-state index >= 15 is 0 Å². The summed E-state index contributed by atoms with van der Waals surface area (Å²) in [5.74, 6) is -0.609. The Labute approximate surface area is 228 Å². The number of carbonyl (C=O) groups excluding carboxylic acids is 2. The molecule has 0 saturated carbocycles. The highest BCUT2D eigenvalue weighted by molar-refractivity contribution is 5.96. The van der Waals surface area contributed by atoms with Crippen LogP contribution in [0, 0.1) is 5.82 Å². The van der Waals surface area contributed by atoms with Gasteiger partial charge in [-0.1, -0.05) is 42.5 Å². The van der Waals surface area contributed by atoms with E-state index in [1.54, 1.807) is 25.2 Å². The first-order valence-electron chi connectivity index (χ1n) is 13.0. The zero-order valence-corrected chi connectivity index (χ0v) is 22.4. The Morgan fingerprint density at radius 3 is 2.38 bits per heavy atom. The molecule has 0 radical (unpaired) electrons. The van der Waals surface area contributed by atoms with Gasteiger partial charge in [0, 0.05) is 50.5 Å². The summed E-state index contributed by atoms with van der Waals surface area (Å²) in [7, 11) is 3.19. The normalized spacial score (nSPS) is 10.9. The summed E-state index contributed by atoms with van der Waals surface area (Å²) < 4.78 is 24.9. The molecule has 2 amide bonds. The van der Waals surface area contributed by atoms with E-state index in [0.717, 1.165) is 27.8 Å². The quantitative estimate of drug-likeness (QED) is 0.245. The number of aromatic amines is 1. The van der Waals surface area contributed by atoms with E-state index in [-0.39, 0.29) is 24.6 Å². The van der Waals surface area contributed by atoms with E-state index in [1.165, 1.54) is 23.1 Å². The van der Waals surface area contributed by atoms with Gasteiger partial charge >= 0.3 is 0 Å². The molecule has 39 heavy (non-hydrogen) atoms. The summed E-state index contributed by atoms with van der Waals surface area (Å²) in [5, 5.41) is 1.12. The molecule has 204 valence electrons. The van der Waals surface area contributed by atoms with Crippen molar-refractivity contribution in [1.82, 2.24) is 14.8 Å². The lowest BCUT2D eigenvalue weighted by atomic mass is 10.1. The fourth-order valence-electron chi connectivity index (χ4n) is 4.56. The van der Waals surface area contributed by atoms with Crippen LogP contribution in [0.15, 0.2) is 79.0 Å². The fourth-order valence-corrected chi connectivity index (χ4v) is 4.56. The zero-order valence-electron chi connectivity index (χ0n) is 22.4. The van der Waals surface area contributed by atoms with Crippen LogP contribution in [0.5, 0.6) is 5.75 Å². The highest BCUT2D eigenvalue weighted by Gasteiger charge is 2.24. The van der Waals surface area contributed by atoms with Crippen molar-refractivity contribution in [2.45, 2.75) is 19.4 Å². The number of nitrogens with zero attached hydrogens (tertiary/aromatic N) is 2. The molecule has 0 fully saturated rings. The molecule has 0 saturated heterocycles. The molecule has 0 aliphatic heterocycles. The predicted octanol–water partition coefficient (Wildman–Crippen LogP) is 5.07. The number of nitrogens with one attached hydrogen (secondary N) is 1. The van der Waals surface area contributed by atoms with Gasteiger partial charge in [0.2, 0.25) is 5.91 Å². The second kappa shape index (κ2) is 13.6. The van der Waals surface area contributed by atoms with Crippen molar-refractivity contribution >= 4 is 22.7 Å². The van der Waals surface area contributed by atoms with Gasteiger partial charge in [0.05, 0.1) is 12.7 Å². The first-order valence-corrected chi connectivity index (χ1v) is 13.0. The molecular weight excluding hydrogens is 497 g/mol. The summed E-state index contributed by atoms with van der Waals surface area (Å²) in [5.41, 5.74) is 3.04. The lowest BCUT2D eigenvalue weighted by Crippen LogP contribution is -2.44. The van der Waals surface area contributed by atoms with E-state index < -0.39 is 11.7 Å².